The first-order valence-electron chi connectivity index (χ1n) is 5.93. The van der Waals surface area contributed by atoms with E-state index in [1.807, 2.05) is 25.1 Å². The summed E-state index contributed by atoms with van der Waals surface area (Å²) in [5.74, 6) is -1.72. The van der Waals surface area contributed by atoms with Crippen molar-refractivity contribution in [3.8, 4) is 0 Å². The predicted octanol–water partition coefficient (Wildman–Crippen LogP) is 4.17. The highest BCUT2D eigenvalue weighted by molar-refractivity contribution is 6.32. The van der Waals surface area contributed by atoms with Gasteiger partial charge < -0.3 is 5.73 Å². The molecule has 0 fully saturated rings. The van der Waals surface area contributed by atoms with E-state index in [4.69, 9.17) is 17.3 Å². The van der Waals surface area contributed by atoms with Crippen LogP contribution < -0.4 is 5.73 Å². The fourth-order valence-electron chi connectivity index (χ4n) is 1.99. The van der Waals surface area contributed by atoms with Gasteiger partial charge in [-0.3, -0.25) is 0 Å². The van der Waals surface area contributed by atoms with E-state index in [0.717, 1.165) is 17.2 Å². The molecule has 2 rings (SSSR count). The molecular weight excluding hydrogens is 268 g/mol. The second kappa shape index (κ2) is 5.68. The van der Waals surface area contributed by atoms with Crippen LogP contribution in [0.5, 0.6) is 0 Å². The maximum absolute atomic E-state index is 13.1. The molecule has 0 heterocycles. The molecule has 1 nitrogen and oxygen atoms in total. The van der Waals surface area contributed by atoms with E-state index in [1.54, 1.807) is 0 Å². The summed E-state index contributed by atoms with van der Waals surface area (Å²) >= 11 is 6.20. The maximum Gasteiger partial charge on any atom is 0.159 e. The summed E-state index contributed by atoms with van der Waals surface area (Å²) in [5.41, 5.74) is 8.48. The molecular formula is C15H14ClF2N. The number of halogens is 3. The lowest BCUT2D eigenvalue weighted by Crippen LogP contribution is -2.14. The Kier molecular flexibility index (Phi) is 4.17. The molecule has 0 amide bonds. The van der Waals surface area contributed by atoms with Crippen LogP contribution in [0, 0.1) is 18.6 Å². The maximum atomic E-state index is 13.1. The van der Waals surface area contributed by atoms with E-state index in [2.05, 4.69) is 0 Å². The zero-order chi connectivity index (χ0) is 14.0. The Balaban J connectivity index is 2.23. The lowest BCUT2D eigenvalue weighted by Gasteiger charge is -2.15. The molecule has 2 N–H and O–H groups in total. The molecule has 2 aromatic rings. The molecule has 4 heteroatoms. The Bertz CT molecular complexity index is 599. The summed E-state index contributed by atoms with van der Waals surface area (Å²) in [4.78, 5) is 0. The summed E-state index contributed by atoms with van der Waals surface area (Å²) in [7, 11) is 0. The van der Waals surface area contributed by atoms with Gasteiger partial charge in [-0.15, -0.1) is 0 Å². The van der Waals surface area contributed by atoms with E-state index in [0.29, 0.717) is 17.0 Å². The highest BCUT2D eigenvalue weighted by atomic mass is 35.5. The largest absolute Gasteiger partial charge is 0.324 e. The molecule has 0 aliphatic carbocycles. The summed E-state index contributed by atoms with van der Waals surface area (Å²) in [6.45, 7) is 1.90. The Labute approximate surface area is 116 Å². The standard InChI is InChI=1S/C15H14ClF2N/c1-9-3-2-4-11(15(9)16)14(19)8-10-5-6-12(17)13(18)7-10/h2-7,14H,8,19H2,1H3. The summed E-state index contributed by atoms with van der Waals surface area (Å²) in [5, 5.41) is 0.623. The van der Waals surface area contributed by atoms with E-state index in [9.17, 15) is 8.78 Å². The fourth-order valence-corrected chi connectivity index (χ4v) is 2.25. The Morgan fingerprint density at radius 2 is 1.89 bits per heavy atom. The molecule has 0 aromatic heterocycles. The van der Waals surface area contributed by atoms with Crippen molar-refractivity contribution in [1.29, 1.82) is 0 Å². The normalized spacial score (nSPS) is 12.5. The fraction of sp³-hybridized carbons (Fsp3) is 0.200. The van der Waals surface area contributed by atoms with Gasteiger partial charge >= 0.3 is 0 Å². The monoisotopic (exact) mass is 281 g/mol. The lowest BCUT2D eigenvalue weighted by molar-refractivity contribution is 0.506. The molecule has 0 saturated heterocycles. The van der Waals surface area contributed by atoms with Crippen molar-refractivity contribution in [3.05, 3.63) is 69.7 Å². The molecule has 0 aliphatic heterocycles. The van der Waals surface area contributed by atoms with Crippen LogP contribution in [0.15, 0.2) is 36.4 Å². The molecule has 0 radical (unpaired) electrons. The van der Waals surface area contributed by atoms with Crippen LogP contribution in [0.25, 0.3) is 0 Å². The third-order valence-electron chi connectivity index (χ3n) is 3.06. The van der Waals surface area contributed by atoms with Gasteiger partial charge in [0.25, 0.3) is 0 Å². The summed E-state index contributed by atoms with van der Waals surface area (Å²) < 4.78 is 26.0. The van der Waals surface area contributed by atoms with Crippen LogP contribution in [0.4, 0.5) is 8.78 Å². The van der Waals surface area contributed by atoms with Crippen molar-refractivity contribution in [1.82, 2.24) is 0 Å². The average Bonchev–Trinajstić information content (AvgIpc) is 2.37. The first-order valence-corrected chi connectivity index (χ1v) is 6.31. The topological polar surface area (TPSA) is 26.0 Å². The third kappa shape index (κ3) is 3.11. The van der Waals surface area contributed by atoms with Crippen LogP contribution in [-0.2, 0) is 6.42 Å². The molecule has 2 aromatic carbocycles. The minimum atomic E-state index is -0.861. The van der Waals surface area contributed by atoms with E-state index >= 15 is 0 Å². The zero-order valence-corrected chi connectivity index (χ0v) is 11.2. The molecule has 0 bridgehead atoms. The summed E-state index contributed by atoms with van der Waals surface area (Å²) in [6.07, 6.45) is 0.403. The van der Waals surface area contributed by atoms with Gasteiger partial charge in [0.2, 0.25) is 0 Å². The van der Waals surface area contributed by atoms with Crippen molar-refractivity contribution >= 4 is 11.6 Å². The van der Waals surface area contributed by atoms with Gasteiger partial charge in [-0.05, 0) is 42.2 Å². The van der Waals surface area contributed by atoms with E-state index in [-0.39, 0.29) is 6.04 Å². The number of hydrogen-bond acceptors (Lipinski definition) is 1. The molecule has 1 unspecified atom stereocenters. The van der Waals surface area contributed by atoms with Gasteiger partial charge in [-0.2, -0.15) is 0 Å². The van der Waals surface area contributed by atoms with E-state index in [1.165, 1.54) is 12.1 Å². The van der Waals surface area contributed by atoms with Gasteiger partial charge in [0.05, 0.1) is 0 Å². The number of aryl methyl sites for hydroxylation is 1. The van der Waals surface area contributed by atoms with Gasteiger partial charge in [0.1, 0.15) is 0 Å². The van der Waals surface area contributed by atoms with Crippen LogP contribution in [0.3, 0.4) is 0 Å². The predicted molar refractivity (Wildman–Crippen MR) is 73.2 cm³/mol. The Hall–Kier alpha value is -1.45. The SMILES string of the molecule is Cc1cccc(C(N)Cc2ccc(F)c(F)c2)c1Cl. The van der Waals surface area contributed by atoms with Crippen LogP contribution in [-0.4, -0.2) is 0 Å². The number of benzene rings is 2. The first kappa shape index (κ1) is 14.0. The van der Waals surface area contributed by atoms with Crippen LogP contribution in [0.1, 0.15) is 22.7 Å². The molecule has 0 aliphatic rings. The molecule has 0 spiro atoms. The zero-order valence-electron chi connectivity index (χ0n) is 10.5. The molecule has 0 saturated carbocycles. The number of nitrogens with two attached hydrogens (primary N) is 1. The second-order valence-corrected chi connectivity index (χ2v) is 4.92. The number of hydrogen-bond donors (Lipinski definition) is 1. The number of rotatable bonds is 3. The van der Waals surface area contributed by atoms with Crippen molar-refractivity contribution < 1.29 is 8.78 Å². The molecule has 100 valence electrons. The minimum absolute atomic E-state index is 0.350. The third-order valence-corrected chi connectivity index (χ3v) is 3.58. The van der Waals surface area contributed by atoms with E-state index < -0.39 is 11.6 Å². The van der Waals surface area contributed by atoms with Gasteiger partial charge in [0.15, 0.2) is 11.6 Å². The van der Waals surface area contributed by atoms with Crippen LogP contribution >= 0.6 is 11.6 Å². The van der Waals surface area contributed by atoms with Gasteiger partial charge in [0, 0.05) is 11.1 Å². The average molecular weight is 282 g/mol. The Morgan fingerprint density at radius 3 is 2.58 bits per heavy atom. The van der Waals surface area contributed by atoms with Crippen LogP contribution in [0.2, 0.25) is 5.02 Å². The van der Waals surface area contributed by atoms with Crippen molar-refractivity contribution in [2.45, 2.75) is 19.4 Å². The Morgan fingerprint density at radius 1 is 1.16 bits per heavy atom. The lowest BCUT2D eigenvalue weighted by atomic mass is 9.98. The molecule has 1 atom stereocenters. The van der Waals surface area contributed by atoms with Crippen molar-refractivity contribution in [3.63, 3.8) is 0 Å². The smallest absolute Gasteiger partial charge is 0.159 e. The van der Waals surface area contributed by atoms with Gasteiger partial charge in [-0.25, -0.2) is 8.78 Å². The van der Waals surface area contributed by atoms with Crippen molar-refractivity contribution in [2.75, 3.05) is 0 Å². The minimum Gasteiger partial charge on any atom is -0.324 e. The highest BCUT2D eigenvalue weighted by Crippen LogP contribution is 2.27. The first-order chi connectivity index (χ1) is 8.99. The highest BCUT2D eigenvalue weighted by Gasteiger charge is 2.13. The van der Waals surface area contributed by atoms with Crippen molar-refractivity contribution in [2.24, 2.45) is 5.73 Å². The molecule has 19 heavy (non-hydrogen) atoms. The summed E-state index contributed by atoms with van der Waals surface area (Å²) in [6, 6.07) is 9.07. The second-order valence-electron chi connectivity index (χ2n) is 4.54. The van der Waals surface area contributed by atoms with Gasteiger partial charge in [-0.1, -0.05) is 35.9 Å². The quantitative estimate of drug-likeness (QED) is 0.898.